The van der Waals surface area contributed by atoms with Gasteiger partial charge in [0.25, 0.3) is 0 Å². The molecule has 0 saturated heterocycles. The van der Waals surface area contributed by atoms with Crippen LogP contribution in [0.4, 0.5) is 0 Å². The molecule has 0 amide bonds. The van der Waals surface area contributed by atoms with Crippen molar-refractivity contribution < 1.29 is 27.9 Å². The van der Waals surface area contributed by atoms with Gasteiger partial charge < -0.3 is 28.9 Å². The summed E-state index contributed by atoms with van der Waals surface area (Å²) in [6.07, 6.45) is 8.26. The third-order valence-electron chi connectivity index (χ3n) is 9.88. The highest BCUT2D eigenvalue weighted by atomic mass is 16.5. The zero-order chi connectivity index (χ0) is 37.8. The second-order valence-corrected chi connectivity index (χ2v) is 18.1. The van der Waals surface area contributed by atoms with Crippen LogP contribution < -0.4 is 20.1 Å². The average molecular weight is 703 g/mol. The minimum atomic E-state index is -0.290. The van der Waals surface area contributed by atoms with Crippen molar-refractivity contribution in [3.8, 4) is 11.5 Å². The van der Waals surface area contributed by atoms with Gasteiger partial charge in [0.15, 0.2) is 0 Å². The summed E-state index contributed by atoms with van der Waals surface area (Å²) in [7, 11) is 3.87. The molecule has 0 saturated carbocycles. The van der Waals surface area contributed by atoms with Crippen molar-refractivity contribution in [2.24, 2.45) is 21.7 Å². The fraction of sp³-hybridized carbons (Fsp3) is 0.581. The monoisotopic (exact) mass is 702 g/mol. The molecule has 2 atom stereocenters. The molecule has 2 heterocycles. The van der Waals surface area contributed by atoms with Crippen molar-refractivity contribution in [3.63, 3.8) is 0 Å². The molecule has 0 spiro atoms. The fourth-order valence-electron chi connectivity index (χ4n) is 8.81. The van der Waals surface area contributed by atoms with Gasteiger partial charge in [-0.05, 0) is 106 Å². The van der Waals surface area contributed by atoms with Crippen molar-refractivity contribution in [2.45, 2.75) is 126 Å². The molecule has 0 aliphatic carbocycles. The number of carbonyl (C=O) groups excluding carboxylic acids is 2. The third-order valence-corrected chi connectivity index (χ3v) is 9.88. The Morgan fingerprint density at radius 1 is 0.608 bits per heavy atom. The van der Waals surface area contributed by atoms with Gasteiger partial charge in [-0.25, -0.2) is 0 Å². The topological polar surface area (TPSA) is 103 Å². The van der Waals surface area contributed by atoms with Crippen LogP contribution in [0.25, 0.3) is 21.9 Å². The van der Waals surface area contributed by atoms with Gasteiger partial charge in [-0.1, -0.05) is 67.5 Å². The van der Waals surface area contributed by atoms with Crippen LogP contribution in [0.2, 0.25) is 0 Å². The Balaban J connectivity index is 1.35. The number of nitrogens with one attached hydrogen (secondary N) is 2. The van der Waals surface area contributed by atoms with Gasteiger partial charge in [0.2, 0.25) is 0 Å². The molecule has 51 heavy (non-hydrogen) atoms. The van der Waals surface area contributed by atoms with E-state index in [1.54, 1.807) is 12.5 Å². The maximum Gasteiger partial charge on any atom is 0.311 e. The predicted octanol–water partition coefficient (Wildman–Crippen LogP) is 10.0. The first kappa shape index (κ1) is 40.2. The highest BCUT2D eigenvalue weighted by Gasteiger charge is 2.39. The van der Waals surface area contributed by atoms with E-state index < -0.39 is 0 Å². The quantitative estimate of drug-likeness (QED) is 0.0780. The summed E-state index contributed by atoms with van der Waals surface area (Å²) >= 11 is 0. The number of carbonyl (C=O) groups is 2. The van der Waals surface area contributed by atoms with Crippen LogP contribution in [0, 0.1) is 21.7 Å². The standard InChI is InChI=1S/C43H62N2O6/c1-28(44-11)19-30-23-48-32-15-13-17-34(38(30)32)50-36(46)21-40(3,4)25-42(7,8)27-43(9,10)26-41(5,6)22-37(47)51-35-18-14-16-33-39(35)31(24-49-33)20-29(2)45-12/h13-18,23-24,28-29,44-45H,19-22,25-27H2,1-12H3. The molecule has 2 aromatic heterocycles. The van der Waals surface area contributed by atoms with Gasteiger partial charge in [-0.2, -0.15) is 0 Å². The number of rotatable bonds is 18. The van der Waals surface area contributed by atoms with Crippen LogP contribution in [0.15, 0.2) is 57.8 Å². The number of esters is 2. The molecular formula is C43H62N2O6. The van der Waals surface area contributed by atoms with E-state index in [0.29, 0.717) is 24.3 Å². The van der Waals surface area contributed by atoms with E-state index >= 15 is 0 Å². The predicted molar refractivity (Wildman–Crippen MR) is 206 cm³/mol. The normalized spacial score (nSPS) is 14.2. The molecule has 0 aliphatic heterocycles. The lowest BCUT2D eigenvalue weighted by molar-refractivity contribution is -0.137. The molecule has 2 unspecified atom stereocenters. The molecule has 8 nitrogen and oxygen atoms in total. The number of hydrogen-bond acceptors (Lipinski definition) is 8. The molecule has 0 fully saturated rings. The highest BCUT2D eigenvalue weighted by molar-refractivity contribution is 5.91. The number of likely N-dealkylation sites (N-methyl/N-ethyl adjacent to an activating group) is 2. The first-order valence-corrected chi connectivity index (χ1v) is 18.5. The fourth-order valence-corrected chi connectivity index (χ4v) is 8.81. The lowest BCUT2D eigenvalue weighted by atomic mass is 9.63. The largest absolute Gasteiger partial charge is 0.464 e. The van der Waals surface area contributed by atoms with Crippen molar-refractivity contribution in [1.29, 1.82) is 0 Å². The zero-order valence-electron chi connectivity index (χ0n) is 33.2. The van der Waals surface area contributed by atoms with Crippen LogP contribution in [0.1, 0.15) is 112 Å². The van der Waals surface area contributed by atoms with Gasteiger partial charge in [-0.3, -0.25) is 9.59 Å². The smallest absolute Gasteiger partial charge is 0.311 e. The zero-order valence-corrected chi connectivity index (χ0v) is 33.2. The molecule has 0 aliphatic rings. The Kier molecular flexibility index (Phi) is 12.6. The molecule has 280 valence electrons. The lowest BCUT2D eigenvalue weighted by Gasteiger charge is -2.42. The average Bonchev–Trinajstić information content (AvgIpc) is 3.59. The Morgan fingerprint density at radius 2 is 0.961 bits per heavy atom. The molecule has 8 heteroatoms. The second-order valence-electron chi connectivity index (χ2n) is 18.1. The van der Waals surface area contributed by atoms with E-state index in [2.05, 4.69) is 79.9 Å². The van der Waals surface area contributed by atoms with E-state index in [-0.39, 0.29) is 45.7 Å². The highest BCUT2D eigenvalue weighted by Crippen LogP contribution is 2.48. The van der Waals surface area contributed by atoms with E-state index in [4.69, 9.17) is 18.3 Å². The van der Waals surface area contributed by atoms with Crippen molar-refractivity contribution in [2.75, 3.05) is 14.1 Å². The number of fused-ring (bicyclic) bond motifs is 2. The summed E-state index contributed by atoms with van der Waals surface area (Å²) in [5.74, 6) is 0.607. The second kappa shape index (κ2) is 16.0. The van der Waals surface area contributed by atoms with Crippen LogP contribution >= 0.6 is 0 Å². The minimum Gasteiger partial charge on any atom is -0.464 e. The summed E-state index contributed by atoms with van der Waals surface area (Å²) < 4.78 is 23.6. The van der Waals surface area contributed by atoms with Gasteiger partial charge in [0.05, 0.1) is 36.1 Å². The molecule has 4 rings (SSSR count). The Morgan fingerprint density at radius 3 is 1.31 bits per heavy atom. The van der Waals surface area contributed by atoms with E-state index in [1.807, 2.05) is 50.5 Å². The minimum absolute atomic E-state index is 0.0668. The number of benzene rings is 2. The third kappa shape index (κ3) is 11.2. The molecule has 0 bridgehead atoms. The van der Waals surface area contributed by atoms with Crippen molar-refractivity contribution in [3.05, 3.63) is 60.1 Å². The first-order chi connectivity index (χ1) is 23.7. The van der Waals surface area contributed by atoms with Crippen LogP contribution in [-0.2, 0) is 22.4 Å². The summed E-state index contributed by atoms with van der Waals surface area (Å²) in [5.41, 5.74) is 2.77. The molecule has 2 aromatic carbocycles. The summed E-state index contributed by atoms with van der Waals surface area (Å²) in [6.45, 7) is 21.9. The Hall–Kier alpha value is -3.62. The molecule has 2 N–H and O–H groups in total. The Bertz CT molecular complexity index is 1660. The van der Waals surface area contributed by atoms with Gasteiger partial charge in [0.1, 0.15) is 22.7 Å². The van der Waals surface area contributed by atoms with E-state index in [0.717, 1.165) is 65.2 Å². The van der Waals surface area contributed by atoms with Crippen molar-refractivity contribution >= 4 is 33.9 Å². The van der Waals surface area contributed by atoms with E-state index in [9.17, 15) is 9.59 Å². The number of hydrogen-bond donors (Lipinski definition) is 2. The summed E-state index contributed by atoms with van der Waals surface area (Å²) in [5, 5.41) is 8.25. The first-order valence-electron chi connectivity index (χ1n) is 18.5. The lowest BCUT2D eigenvalue weighted by Crippen LogP contribution is -2.33. The molecule has 0 radical (unpaired) electrons. The molecule has 4 aromatic rings. The Labute approximate surface area is 305 Å². The maximum atomic E-state index is 13.4. The summed E-state index contributed by atoms with van der Waals surface area (Å²) in [6, 6.07) is 11.7. The van der Waals surface area contributed by atoms with Crippen molar-refractivity contribution in [1.82, 2.24) is 10.6 Å². The van der Waals surface area contributed by atoms with Gasteiger partial charge in [-0.15, -0.1) is 0 Å². The van der Waals surface area contributed by atoms with Gasteiger partial charge >= 0.3 is 11.9 Å². The number of furan rings is 2. The SMILES string of the molecule is CNC(C)Cc1coc2cccc(OC(=O)CC(C)(C)CC(C)(C)CC(C)(C)CC(C)(C)CC(=O)Oc3cccc4occ(CC(C)NC)c34)c12. The number of ether oxygens (including phenoxy) is 2. The van der Waals surface area contributed by atoms with Crippen LogP contribution in [0.3, 0.4) is 0 Å². The molecular weight excluding hydrogens is 640 g/mol. The van der Waals surface area contributed by atoms with Crippen LogP contribution in [0.5, 0.6) is 11.5 Å². The van der Waals surface area contributed by atoms with E-state index in [1.165, 1.54) is 0 Å². The summed E-state index contributed by atoms with van der Waals surface area (Å²) in [4.78, 5) is 26.8. The van der Waals surface area contributed by atoms with Gasteiger partial charge in [0, 0.05) is 23.2 Å². The maximum absolute atomic E-state index is 13.4. The van der Waals surface area contributed by atoms with Crippen LogP contribution in [-0.4, -0.2) is 38.1 Å².